The van der Waals surface area contributed by atoms with Gasteiger partial charge in [-0.25, -0.2) is 9.59 Å². The van der Waals surface area contributed by atoms with Gasteiger partial charge >= 0.3 is 59.7 Å². The molecule has 0 aliphatic heterocycles. The van der Waals surface area contributed by atoms with Gasteiger partial charge in [-0.2, -0.15) is 0 Å². The largest absolute Gasteiger partial charge is 0.465 e. The highest BCUT2D eigenvalue weighted by Crippen LogP contribution is 2.38. The highest BCUT2D eigenvalue weighted by atomic mass is 16.6. The number of benzene rings is 3. The van der Waals surface area contributed by atoms with Gasteiger partial charge in [0.1, 0.15) is 23.0 Å². The summed E-state index contributed by atoms with van der Waals surface area (Å²) in [6.45, 7) is 19.3. The number of esters is 10. The molecule has 0 heterocycles. The lowest BCUT2D eigenvalue weighted by Gasteiger charge is -2.27. The molecule has 0 amide bonds. The fraction of sp³-hybridized carbons (Fsp3) is 0.515. The van der Waals surface area contributed by atoms with E-state index in [0.29, 0.717) is 104 Å². The molecule has 5 rings (SSSR count). The highest BCUT2D eigenvalue weighted by Gasteiger charge is 2.35. The van der Waals surface area contributed by atoms with Gasteiger partial charge in [-0.05, 0) is 130 Å². The maximum atomic E-state index is 13.5. The first-order valence-electron chi connectivity index (χ1n) is 28.7. The average Bonchev–Trinajstić information content (AvgIpc) is 3.30. The van der Waals surface area contributed by atoms with Crippen LogP contribution in [0.2, 0.25) is 0 Å². The van der Waals surface area contributed by atoms with E-state index >= 15 is 0 Å². The summed E-state index contributed by atoms with van der Waals surface area (Å²) in [4.78, 5) is 125. The third-order valence-corrected chi connectivity index (χ3v) is 14.6. The van der Waals surface area contributed by atoms with E-state index in [-0.39, 0.29) is 72.8 Å². The summed E-state index contributed by atoms with van der Waals surface area (Å²) in [6, 6.07) is 15.4. The fourth-order valence-corrected chi connectivity index (χ4v) is 9.19. The molecule has 20 heteroatoms. The number of hydrogen-bond acceptors (Lipinski definition) is 20. The molecule has 0 saturated heterocycles. The van der Waals surface area contributed by atoms with Crippen LogP contribution >= 0.6 is 0 Å². The molecule has 2 fully saturated rings. The molecule has 2 aliphatic carbocycles. The lowest BCUT2D eigenvalue weighted by Crippen LogP contribution is -2.31. The number of rotatable bonds is 30. The number of aryl methyl sites for hydroxylation is 1. The van der Waals surface area contributed by atoms with Gasteiger partial charge in [-0.1, -0.05) is 72.5 Å². The van der Waals surface area contributed by atoms with E-state index in [9.17, 15) is 47.9 Å². The van der Waals surface area contributed by atoms with Crippen molar-refractivity contribution in [2.45, 2.75) is 146 Å². The number of ether oxygens (including phenoxy) is 10. The maximum Gasteiger partial charge on any atom is 0.330 e. The van der Waals surface area contributed by atoms with Crippen molar-refractivity contribution in [1.29, 1.82) is 0 Å². The van der Waals surface area contributed by atoms with Crippen LogP contribution in [-0.2, 0) is 89.2 Å². The molecule has 0 bridgehead atoms. The molecule has 20 nitrogen and oxygen atoms in total. The first-order valence-corrected chi connectivity index (χ1v) is 28.7. The van der Waals surface area contributed by atoms with Gasteiger partial charge in [0.05, 0.1) is 89.0 Å². The minimum absolute atomic E-state index is 0. The van der Waals surface area contributed by atoms with E-state index in [1.807, 2.05) is 0 Å². The van der Waals surface area contributed by atoms with Gasteiger partial charge in [0.2, 0.25) is 0 Å². The van der Waals surface area contributed by atoms with E-state index in [4.69, 9.17) is 47.4 Å². The smallest absolute Gasteiger partial charge is 0.330 e. The third kappa shape index (κ3) is 23.7. The fourth-order valence-electron chi connectivity index (χ4n) is 9.19. The second-order valence-electron chi connectivity index (χ2n) is 23.1. The Morgan fingerprint density at radius 1 is 0.442 bits per heavy atom. The van der Waals surface area contributed by atoms with Crippen LogP contribution in [-0.4, -0.2) is 99.3 Å². The Balaban J connectivity index is 0.0000158. The molecular weight excluding hydrogens is 1110 g/mol. The van der Waals surface area contributed by atoms with Crippen LogP contribution in [0, 0.1) is 55.3 Å². The maximum absolute atomic E-state index is 13.5. The third-order valence-electron chi connectivity index (χ3n) is 14.6. The molecule has 0 unspecified atom stereocenters. The van der Waals surface area contributed by atoms with Crippen molar-refractivity contribution in [3.05, 3.63) is 108 Å². The average molecular weight is 1200 g/mol. The molecule has 3 aromatic carbocycles. The molecule has 0 aromatic heterocycles. The summed E-state index contributed by atoms with van der Waals surface area (Å²) in [6.07, 6.45) is 5.72. The summed E-state index contributed by atoms with van der Waals surface area (Å²) < 4.78 is 54.3. The minimum Gasteiger partial charge on any atom is -0.465 e. The summed E-state index contributed by atoms with van der Waals surface area (Å²) in [5.74, 6) is -5.22. The van der Waals surface area contributed by atoms with Crippen molar-refractivity contribution in [3.63, 3.8) is 0 Å². The Kier molecular flexibility index (Phi) is 27.9. The Morgan fingerprint density at radius 3 is 1.10 bits per heavy atom. The molecule has 3 aromatic rings. The Morgan fingerprint density at radius 2 is 0.756 bits per heavy atom. The molecule has 0 radical (unpaired) electrons. The summed E-state index contributed by atoms with van der Waals surface area (Å²) in [5.41, 5.74) is 2.34. The summed E-state index contributed by atoms with van der Waals surface area (Å²) in [7, 11) is 0. The summed E-state index contributed by atoms with van der Waals surface area (Å²) in [5, 5.41) is 0. The van der Waals surface area contributed by atoms with E-state index in [2.05, 4.69) is 13.2 Å². The van der Waals surface area contributed by atoms with Crippen molar-refractivity contribution in [3.8, 4) is 23.0 Å². The van der Waals surface area contributed by atoms with Gasteiger partial charge in [0.15, 0.2) is 0 Å². The Labute approximate surface area is 503 Å². The SMILES string of the molecule is C.C=CC(=O)OCC(C)(C)COC(=O)CCC(=O)OCCc1ccc(OC(=O)C2CCC(C(=O)Oc3cc(C)c(OC(=O)C4CCC(C(=O)Oc5ccc(CCOC(=O)CCC(=O)OCC(C)(C)COC(=O)C=C)cc5)CC4)c(C)c3C)CC2)cc1. The quantitative estimate of drug-likeness (QED) is 0.0260. The van der Waals surface area contributed by atoms with Crippen molar-refractivity contribution in [2.75, 3.05) is 39.6 Å². The normalized spacial score (nSPS) is 16.5. The van der Waals surface area contributed by atoms with Crippen molar-refractivity contribution < 1.29 is 95.3 Å². The van der Waals surface area contributed by atoms with Gasteiger partial charge in [0.25, 0.3) is 0 Å². The molecule has 2 saturated carbocycles. The first kappa shape index (κ1) is 70.3. The van der Waals surface area contributed by atoms with Crippen LogP contribution in [0.1, 0.15) is 140 Å². The van der Waals surface area contributed by atoms with Crippen LogP contribution in [0.3, 0.4) is 0 Å². The predicted octanol–water partition coefficient (Wildman–Crippen LogP) is 10.2. The Bertz CT molecular complexity index is 2860. The lowest BCUT2D eigenvalue weighted by molar-refractivity contribution is -0.154. The second-order valence-corrected chi connectivity index (χ2v) is 23.1. The van der Waals surface area contributed by atoms with Crippen LogP contribution < -0.4 is 18.9 Å². The number of hydrogen-bond donors (Lipinski definition) is 0. The Hall–Kier alpha value is -8.16. The predicted molar refractivity (Wildman–Crippen MR) is 313 cm³/mol. The molecule has 468 valence electrons. The minimum atomic E-state index is -0.618. The standard InChI is InChI=1S/C65H80O20.CH4/c1-10-53(66)78-37-64(6,7)39-80-57(70)30-28-55(68)76-34-32-44-12-24-50(25-13-44)82-60(72)46-16-20-48(21-17-46)62(74)84-52-36-41(3)59(43(5)42(52)4)85-63(75)49-22-18-47(19-23-49)61(73)83-51-26-14-45(15-27-51)33-35-77-56(69)29-31-58(71)81-40-65(8,9)38-79-54(67)11-2;/h10-15,24-27,36,46-49H,1-2,16-23,28-35,37-40H2,3-9H3;1H4. The molecule has 0 spiro atoms. The summed E-state index contributed by atoms with van der Waals surface area (Å²) >= 11 is 0. The molecule has 0 atom stereocenters. The van der Waals surface area contributed by atoms with Gasteiger partial charge in [-0.3, -0.25) is 38.4 Å². The highest BCUT2D eigenvalue weighted by molar-refractivity contribution is 5.83. The lowest BCUT2D eigenvalue weighted by atomic mass is 9.82. The van der Waals surface area contributed by atoms with Crippen molar-refractivity contribution in [2.24, 2.45) is 34.5 Å². The van der Waals surface area contributed by atoms with Gasteiger partial charge in [0, 0.05) is 35.8 Å². The van der Waals surface area contributed by atoms with Crippen LogP contribution in [0.15, 0.2) is 79.9 Å². The number of carbonyl (C=O) groups excluding carboxylic acids is 10. The monoisotopic (exact) mass is 1200 g/mol. The molecular formula is C66H84O20. The van der Waals surface area contributed by atoms with Gasteiger partial charge < -0.3 is 47.4 Å². The van der Waals surface area contributed by atoms with Crippen LogP contribution in [0.4, 0.5) is 0 Å². The van der Waals surface area contributed by atoms with Crippen LogP contribution in [0.5, 0.6) is 23.0 Å². The topological polar surface area (TPSA) is 263 Å². The first-order chi connectivity index (χ1) is 40.3. The second kappa shape index (κ2) is 34.1. The van der Waals surface area contributed by atoms with E-state index in [0.717, 1.165) is 23.3 Å². The van der Waals surface area contributed by atoms with E-state index < -0.39 is 94.2 Å². The molecule has 0 N–H and O–H groups in total. The zero-order valence-electron chi connectivity index (χ0n) is 49.9. The van der Waals surface area contributed by atoms with E-state index in [1.54, 1.807) is 103 Å². The zero-order valence-corrected chi connectivity index (χ0v) is 49.9. The van der Waals surface area contributed by atoms with Crippen molar-refractivity contribution >= 4 is 59.7 Å². The van der Waals surface area contributed by atoms with Crippen molar-refractivity contribution in [1.82, 2.24) is 0 Å². The molecule has 2 aliphatic rings. The van der Waals surface area contributed by atoms with Gasteiger partial charge in [-0.15, -0.1) is 0 Å². The van der Waals surface area contributed by atoms with Crippen LogP contribution in [0.25, 0.3) is 0 Å². The van der Waals surface area contributed by atoms with E-state index in [1.165, 1.54) is 0 Å². The zero-order chi connectivity index (χ0) is 62.3. The molecule has 86 heavy (non-hydrogen) atoms. The number of carbonyl (C=O) groups is 10.